The van der Waals surface area contributed by atoms with Crippen molar-refractivity contribution in [1.82, 2.24) is 4.31 Å². The number of nitrogens with two attached hydrogens (primary N) is 1. The van der Waals surface area contributed by atoms with Gasteiger partial charge in [-0.3, -0.25) is 0 Å². The van der Waals surface area contributed by atoms with Gasteiger partial charge in [-0.05, 0) is 38.1 Å². The van der Waals surface area contributed by atoms with Gasteiger partial charge >= 0.3 is 0 Å². The minimum atomic E-state index is -3.13. The molecule has 0 radical (unpaired) electrons. The zero-order chi connectivity index (χ0) is 13.9. The Hall–Kier alpha value is -0.130. The summed E-state index contributed by atoms with van der Waals surface area (Å²) in [5.74, 6) is 0.345. The number of nitrogens with zero attached hydrogens (tertiary/aromatic N) is 1. The summed E-state index contributed by atoms with van der Waals surface area (Å²) in [5.41, 5.74) is 5.83. The van der Waals surface area contributed by atoms with E-state index in [0.717, 1.165) is 44.9 Å². The van der Waals surface area contributed by atoms with Crippen LogP contribution >= 0.6 is 0 Å². The molecule has 19 heavy (non-hydrogen) atoms. The predicted octanol–water partition coefficient (Wildman–Crippen LogP) is 2.10. The van der Waals surface area contributed by atoms with Gasteiger partial charge in [0, 0.05) is 13.1 Å². The molecular formula is C14H28N2O2S. The van der Waals surface area contributed by atoms with Gasteiger partial charge in [0.2, 0.25) is 10.0 Å². The summed E-state index contributed by atoms with van der Waals surface area (Å²) in [7, 11) is -1.35. The van der Waals surface area contributed by atoms with Gasteiger partial charge in [0.1, 0.15) is 0 Å². The van der Waals surface area contributed by atoms with Crippen molar-refractivity contribution in [1.29, 1.82) is 0 Å². The van der Waals surface area contributed by atoms with E-state index >= 15 is 0 Å². The molecule has 2 rings (SSSR count). The van der Waals surface area contributed by atoms with Gasteiger partial charge in [-0.2, -0.15) is 0 Å². The smallest absolute Gasteiger partial charge is 0.216 e. The van der Waals surface area contributed by atoms with Crippen molar-refractivity contribution in [3.05, 3.63) is 0 Å². The Morgan fingerprint density at radius 1 is 1.00 bits per heavy atom. The molecule has 5 heteroatoms. The van der Waals surface area contributed by atoms with Crippen LogP contribution in [0.25, 0.3) is 0 Å². The summed E-state index contributed by atoms with van der Waals surface area (Å²) < 4.78 is 27.1. The zero-order valence-electron chi connectivity index (χ0n) is 12.1. The van der Waals surface area contributed by atoms with E-state index in [0.29, 0.717) is 12.5 Å². The maximum atomic E-state index is 12.7. The van der Waals surface area contributed by atoms with E-state index in [2.05, 4.69) is 0 Å². The van der Waals surface area contributed by atoms with Crippen molar-refractivity contribution in [3.63, 3.8) is 0 Å². The van der Waals surface area contributed by atoms with Gasteiger partial charge in [-0.1, -0.05) is 32.1 Å². The van der Waals surface area contributed by atoms with Crippen molar-refractivity contribution in [2.75, 3.05) is 13.6 Å². The van der Waals surface area contributed by atoms with Crippen LogP contribution in [0.4, 0.5) is 0 Å². The van der Waals surface area contributed by atoms with Crippen molar-refractivity contribution in [2.24, 2.45) is 11.7 Å². The van der Waals surface area contributed by atoms with Crippen LogP contribution < -0.4 is 5.73 Å². The second kappa shape index (κ2) is 6.55. The zero-order valence-corrected chi connectivity index (χ0v) is 12.9. The molecule has 0 aromatic heterocycles. The van der Waals surface area contributed by atoms with Gasteiger partial charge in [-0.25, -0.2) is 12.7 Å². The van der Waals surface area contributed by atoms with Gasteiger partial charge in [0.15, 0.2) is 0 Å². The van der Waals surface area contributed by atoms with Crippen LogP contribution in [0.1, 0.15) is 57.8 Å². The summed E-state index contributed by atoms with van der Waals surface area (Å²) in [5, 5.41) is -0.147. The Bertz CT molecular complexity index is 377. The highest BCUT2D eigenvalue weighted by Crippen LogP contribution is 2.32. The minimum absolute atomic E-state index is 0.130. The Morgan fingerprint density at radius 2 is 1.58 bits per heavy atom. The first-order chi connectivity index (χ1) is 9.07. The summed E-state index contributed by atoms with van der Waals surface area (Å²) in [6.07, 6.45) is 9.35. The molecule has 0 amide bonds. The van der Waals surface area contributed by atoms with Crippen LogP contribution in [0.2, 0.25) is 0 Å². The van der Waals surface area contributed by atoms with Crippen molar-refractivity contribution in [3.8, 4) is 0 Å². The maximum absolute atomic E-state index is 12.7. The molecule has 2 aliphatic carbocycles. The Kier molecular flexibility index (Phi) is 5.26. The molecule has 2 unspecified atom stereocenters. The SMILES string of the molecule is CN(C1CCCCC1CN)S(=O)(=O)C1CCCCC1. The van der Waals surface area contributed by atoms with Gasteiger partial charge in [0.25, 0.3) is 0 Å². The number of sulfonamides is 1. The highest BCUT2D eigenvalue weighted by Gasteiger charge is 2.38. The first-order valence-corrected chi connectivity index (χ1v) is 9.24. The lowest BCUT2D eigenvalue weighted by molar-refractivity contribution is 0.202. The first kappa shape index (κ1) is 15.3. The minimum Gasteiger partial charge on any atom is -0.330 e. The van der Waals surface area contributed by atoms with E-state index in [-0.39, 0.29) is 11.3 Å². The second-order valence-corrected chi connectivity index (χ2v) is 8.44. The lowest BCUT2D eigenvalue weighted by Crippen LogP contribution is -2.49. The molecule has 2 fully saturated rings. The monoisotopic (exact) mass is 288 g/mol. The van der Waals surface area contributed by atoms with Crippen molar-refractivity contribution >= 4 is 10.0 Å². The van der Waals surface area contributed by atoms with Gasteiger partial charge < -0.3 is 5.73 Å². The van der Waals surface area contributed by atoms with Crippen LogP contribution in [0.15, 0.2) is 0 Å². The molecule has 2 atom stereocenters. The van der Waals surface area contributed by atoms with E-state index < -0.39 is 10.0 Å². The highest BCUT2D eigenvalue weighted by molar-refractivity contribution is 7.89. The number of rotatable bonds is 4. The molecule has 0 saturated heterocycles. The first-order valence-electron chi connectivity index (χ1n) is 7.74. The highest BCUT2D eigenvalue weighted by atomic mass is 32.2. The molecule has 2 N–H and O–H groups in total. The second-order valence-electron chi connectivity index (χ2n) is 6.17. The third kappa shape index (κ3) is 3.31. The molecule has 0 spiro atoms. The third-order valence-electron chi connectivity index (χ3n) is 5.01. The van der Waals surface area contributed by atoms with E-state index in [4.69, 9.17) is 5.73 Å². The number of hydrogen-bond donors (Lipinski definition) is 1. The average molecular weight is 288 g/mol. The van der Waals surface area contributed by atoms with Crippen molar-refractivity contribution in [2.45, 2.75) is 69.1 Å². The molecule has 2 aliphatic rings. The van der Waals surface area contributed by atoms with Crippen molar-refractivity contribution < 1.29 is 8.42 Å². The van der Waals surface area contributed by atoms with E-state index in [1.165, 1.54) is 12.8 Å². The quantitative estimate of drug-likeness (QED) is 0.861. The van der Waals surface area contributed by atoms with Gasteiger partial charge in [0.05, 0.1) is 5.25 Å². The lowest BCUT2D eigenvalue weighted by Gasteiger charge is -2.39. The molecule has 0 aromatic rings. The molecule has 2 saturated carbocycles. The predicted molar refractivity (Wildman–Crippen MR) is 78.4 cm³/mol. The van der Waals surface area contributed by atoms with Crippen LogP contribution in [0.3, 0.4) is 0 Å². The molecule has 0 heterocycles. The topological polar surface area (TPSA) is 63.4 Å². The largest absolute Gasteiger partial charge is 0.330 e. The van der Waals surface area contributed by atoms with E-state index in [1.807, 2.05) is 0 Å². The van der Waals surface area contributed by atoms with Gasteiger partial charge in [-0.15, -0.1) is 0 Å². The normalized spacial score (nSPS) is 30.7. The summed E-state index contributed by atoms with van der Waals surface area (Å²) in [6.45, 7) is 0.606. The summed E-state index contributed by atoms with van der Waals surface area (Å²) in [4.78, 5) is 0. The fourth-order valence-electron chi connectivity index (χ4n) is 3.73. The van der Waals surface area contributed by atoms with Crippen LogP contribution in [-0.2, 0) is 10.0 Å². The van der Waals surface area contributed by atoms with E-state index in [1.54, 1.807) is 11.4 Å². The Morgan fingerprint density at radius 3 is 2.21 bits per heavy atom. The Balaban J connectivity index is 2.09. The summed E-state index contributed by atoms with van der Waals surface area (Å²) in [6, 6.07) is 0.130. The average Bonchev–Trinajstić information content (AvgIpc) is 2.47. The van der Waals surface area contributed by atoms with E-state index in [9.17, 15) is 8.42 Å². The lowest BCUT2D eigenvalue weighted by atomic mass is 9.85. The molecule has 4 nitrogen and oxygen atoms in total. The molecule has 0 bridgehead atoms. The van der Waals surface area contributed by atoms with Crippen LogP contribution in [-0.4, -0.2) is 37.6 Å². The third-order valence-corrected chi connectivity index (χ3v) is 7.40. The molecule has 0 aromatic carbocycles. The maximum Gasteiger partial charge on any atom is 0.216 e. The fourth-order valence-corrected chi connectivity index (χ4v) is 5.78. The molecule has 0 aliphatic heterocycles. The summed E-state index contributed by atoms with van der Waals surface area (Å²) >= 11 is 0. The molecular weight excluding hydrogens is 260 g/mol. The van der Waals surface area contributed by atoms with Crippen LogP contribution in [0, 0.1) is 5.92 Å². The fraction of sp³-hybridized carbons (Fsp3) is 1.00. The standard InChI is InChI=1S/C14H28N2O2S/c1-16(14-10-6-5-7-12(14)11-15)19(17,18)13-8-3-2-4-9-13/h12-14H,2-11,15H2,1H3. The van der Waals surface area contributed by atoms with Crippen LogP contribution in [0.5, 0.6) is 0 Å². The molecule has 112 valence electrons. The number of hydrogen-bond acceptors (Lipinski definition) is 3. The Labute approximate surface area is 117 Å².